The van der Waals surface area contributed by atoms with Crippen molar-refractivity contribution in [2.45, 2.75) is 0 Å². The van der Waals surface area contributed by atoms with Crippen molar-refractivity contribution in [1.82, 2.24) is 5.32 Å². The number of fused-ring (bicyclic) bond motifs is 1. The molecule has 0 radical (unpaired) electrons. The Kier molecular flexibility index (Phi) is 5.28. The molecular formula is C21H15BrN2O6. The van der Waals surface area contributed by atoms with Gasteiger partial charge in [-0.05, 0) is 51.8 Å². The molecule has 2 heterocycles. The number of hydrogen-bond acceptors (Lipinski definition) is 6. The van der Waals surface area contributed by atoms with Crippen molar-refractivity contribution < 1.29 is 28.6 Å². The minimum atomic E-state index is -0.838. The molecule has 1 saturated heterocycles. The number of urea groups is 1. The van der Waals surface area contributed by atoms with Crippen LogP contribution >= 0.6 is 15.9 Å². The Labute approximate surface area is 179 Å². The largest absolute Gasteiger partial charge is 0.488 e. The molecule has 2 aliphatic rings. The first kappa shape index (κ1) is 19.7. The monoisotopic (exact) mass is 470 g/mol. The lowest BCUT2D eigenvalue weighted by Crippen LogP contribution is -2.54. The summed E-state index contributed by atoms with van der Waals surface area (Å²) >= 11 is 3.39. The van der Waals surface area contributed by atoms with Crippen molar-refractivity contribution in [2.75, 3.05) is 18.3 Å². The maximum absolute atomic E-state index is 13.0. The predicted octanol–water partition coefficient (Wildman–Crippen LogP) is 3.41. The maximum Gasteiger partial charge on any atom is 0.335 e. The minimum Gasteiger partial charge on any atom is -0.488 e. The Morgan fingerprint density at radius 2 is 1.93 bits per heavy atom. The Morgan fingerprint density at radius 1 is 1.13 bits per heavy atom. The summed E-state index contributed by atoms with van der Waals surface area (Å²) in [5.41, 5.74) is 0.653. The predicted molar refractivity (Wildman–Crippen MR) is 111 cm³/mol. The van der Waals surface area contributed by atoms with E-state index < -0.39 is 17.8 Å². The molecule has 2 aromatic rings. The number of anilines is 1. The molecular weight excluding hydrogens is 456 g/mol. The Balaban J connectivity index is 1.65. The van der Waals surface area contributed by atoms with Crippen LogP contribution in [0.4, 0.5) is 10.5 Å². The SMILES string of the molecule is C=CCOc1ccc(/C=C2\C(=O)NC(=O)N(c3ccc4c(c3)OCO4)C2=O)cc1Br. The first-order chi connectivity index (χ1) is 14.5. The van der Waals surface area contributed by atoms with Crippen molar-refractivity contribution in [3.8, 4) is 17.2 Å². The molecule has 0 aliphatic carbocycles. The lowest BCUT2D eigenvalue weighted by atomic mass is 10.1. The molecule has 0 atom stereocenters. The Bertz CT molecular complexity index is 1110. The van der Waals surface area contributed by atoms with Crippen molar-refractivity contribution in [3.63, 3.8) is 0 Å². The smallest absolute Gasteiger partial charge is 0.335 e. The molecule has 152 valence electrons. The van der Waals surface area contributed by atoms with Crippen LogP contribution in [0.3, 0.4) is 0 Å². The molecule has 1 N–H and O–H groups in total. The van der Waals surface area contributed by atoms with Crippen LogP contribution in [0.15, 0.2) is 59.1 Å². The summed E-state index contributed by atoms with van der Waals surface area (Å²) in [6.07, 6.45) is 3.03. The number of rotatable bonds is 5. The van der Waals surface area contributed by atoms with Crippen molar-refractivity contribution >= 4 is 45.5 Å². The summed E-state index contributed by atoms with van der Waals surface area (Å²) in [6.45, 7) is 3.99. The number of benzene rings is 2. The summed E-state index contributed by atoms with van der Waals surface area (Å²) in [5.74, 6) is -0.00176. The maximum atomic E-state index is 13.0. The summed E-state index contributed by atoms with van der Waals surface area (Å²) < 4.78 is 16.7. The van der Waals surface area contributed by atoms with E-state index >= 15 is 0 Å². The molecule has 1 fully saturated rings. The highest BCUT2D eigenvalue weighted by Crippen LogP contribution is 2.36. The van der Waals surface area contributed by atoms with E-state index in [9.17, 15) is 14.4 Å². The van der Waals surface area contributed by atoms with Crippen LogP contribution in [0, 0.1) is 0 Å². The van der Waals surface area contributed by atoms with Crippen LogP contribution in [-0.2, 0) is 9.59 Å². The van der Waals surface area contributed by atoms with E-state index in [2.05, 4.69) is 27.8 Å². The van der Waals surface area contributed by atoms with E-state index in [1.807, 2.05) is 0 Å². The molecule has 0 bridgehead atoms. The lowest BCUT2D eigenvalue weighted by molar-refractivity contribution is -0.122. The summed E-state index contributed by atoms with van der Waals surface area (Å²) in [4.78, 5) is 38.6. The fourth-order valence-corrected chi connectivity index (χ4v) is 3.47. The molecule has 9 heteroatoms. The third kappa shape index (κ3) is 3.67. The Hall–Kier alpha value is -3.59. The van der Waals surface area contributed by atoms with Crippen LogP contribution in [0.5, 0.6) is 17.2 Å². The second kappa shape index (κ2) is 8.03. The van der Waals surface area contributed by atoms with Crippen molar-refractivity contribution in [3.05, 3.63) is 64.7 Å². The number of carbonyl (C=O) groups is 3. The molecule has 0 aromatic heterocycles. The van der Waals surface area contributed by atoms with Gasteiger partial charge in [0, 0.05) is 6.07 Å². The van der Waals surface area contributed by atoms with Gasteiger partial charge in [0.2, 0.25) is 6.79 Å². The zero-order valence-corrected chi connectivity index (χ0v) is 17.1. The average molecular weight is 471 g/mol. The quantitative estimate of drug-likeness (QED) is 0.408. The number of halogens is 1. The third-order valence-electron chi connectivity index (χ3n) is 4.34. The number of barbiturate groups is 1. The molecule has 4 rings (SSSR count). The molecule has 30 heavy (non-hydrogen) atoms. The van der Waals surface area contributed by atoms with Crippen LogP contribution < -0.4 is 24.4 Å². The second-order valence-corrected chi connectivity index (χ2v) is 7.14. The first-order valence-corrected chi connectivity index (χ1v) is 9.61. The van der Waals surface area contributed by atoms with Crippen LogP contribution in [0.25, 0.3) is 6.08 Å². The highest BCUT2D eigenvalue weighted by atomic mass is 79.9. The lowest BCUT2D eigenvalue weighted by Gasteiger charge is -2.26. The van der Waals surface area contributed by atoms with Crippen molar-refractivity contribution in [1.29, 1.82) is 0 Å². The minimum absolute atomic E-state index is 0.0595. The molecule has 0 unspecified atom stereocenters. The molecule has 0 spiro atoms. The van der Waals surface area contributed by atoms with Gasteiger partial charge in [-0.1, -0.05) is 18.7 Å². The van der Waals surface area contributed by atoms with E-state index in [4.69, 9.17) is 14.2 Å². The molecule has 2 aliphatic heterocycles. The van der Waals surface area contributed by atoms with E-state index in [1.165, 1.54) is 12.1 Å². The first-order valence-electron chi connectivity index (χ1n) is 8.82. The summed E-state index contributed by atoms with van der Waals surface area (Å²) in [6, 6.07) is 8.90. The fraction of sp³-hybridized carbons (Fsp3) is 0.0952. The van der Waals surface area contributed by atoms with Gasteiger partial charge >= 0.3 is 6.03 Å². The number of amides is 4. The van der Waals surface area contributed by atoms with Gasteiger partial charge in [0.1, 0.15) is 17.9 Å². The van der Waals surface area contributed by atoms with E-state index in [0.717, 1.165) is 4.90 Å². The van der Waals surface area contributed by atoms with Gasteiger partial charge in [0.05, 0.1) is 10.2 Å². The summed E-state index contributed by atoms with van der Waals surface area (Å²) in [5, 5.41) is 2.19. The van der Waals surface area contributed by atoms with Gasteiger partial charge in [0.15, 0.2) is 11.5 Å². The number of ether oxygens (including phenoxy) is 3. The zero-order valence-electron chi connectivity index (χ0n) is 15.5. The average Bonchev–Trinajstić information content (AvgIpc) is 3.18. The van der Waals surface area contributed by atoms with Gasteiger partial charge in [-0.2, -0.15) is 0 Å². The van der Waals surface area contributed by atoms with Crippen LogP contribution in [-0.4, -0.2) is 31.2 Å². The van der Waals surface area contributed by atoms with Crippen molar-refractivity contribution in [2.24, 2.45) is 0 Å². The summed E-state index contributed by atoms with van der Waals surface area (Å²) in [7, 11) is 0. The highest BCUT2D eigenvalue weighted by molar-refractivity contribution is 9.10. The molecule has 8 nitrogen and oxygen atoms in total. The number of nitrogens with one attached hydrogen (secondary N) is 1. The molecule has 2 aromatic carbocycles. The van der Waals surface area contributed by atoms with Crippen LogP contribution in [0.1, 0.15) is 5.56 Å². The normalized spacial score (nSPS) is 16.6. The number of carbonyl (C=O) groups excluding carboxylic acids is 3. The molecule has 4 amide bonds. The van der Waals surface area contributed by atoms with Gasteiger partial charge in [-0.3, -0.25) is 14.9 Å². The van der Waals surface area contributed by atoms with Gasteiger partial charge in [-0.25, -0.2) is 9.69 Å². The number of nitrogens with zero attached hydrogens (tertiary/aromatic N) is 1. The fourth-order valence-electron chi connectivity index (χ4n) is 2.96. The second-order valence-electron chi connectivity index (χ2n) is 6.28. The highest BCUT2D eigenvalue weighted by Gasteiger charge is 2.37. The van der Waals surface area contributed by atoms with Gasteiger partial charge in [0.25, 0.3) is 11.8 Å². The molecule has 0 saturated carbocycles. The zero-order chi connectivity index (χ0) is 21.3. The van der Waals surface area contributed by atoms with E-state index in [1.54, 1.807) is 36.4 Å². The Morgan fingerprint density at radius 3 is 2.70 bits per heavy atom. The van der Waals surface area contributed by atoms with Gasteiger partial charge in [-0.15, -0.1) is 0 Å². The van der Waals surface area contributed by atoms with E-state index in [0.29, 0.717) is 33.9 Å². The standard InChI is InChI=1S/C21H15BrN2O6/c1-2-7-28-16-5-3-12(9-15(16)22)8-14-19(25)23-21(27)24(20(14)26)13-4-6-17-18(10-13)30-11-29-17/h2-6,8-10H,1,7,11H2,(H,23,25,27)/b14-8+. The topological polar surface area (TPSA) is 94.2 Å². The van der Waals surface area contributed by atoms with Gasteiger partial charge < -0.3 is 14.2 Å². The third-order valence-corrected chi connectivity index (χ3v) is 4.96. The number of imide groups is 2. The van der Waals surface area contributed by atoms with E-state index in [-0.39, 0.29) is 18.1 Å². The number of hydrogen-bond donors (Lipinski definition) is 1. The van der Waals surface area contributed by atoms with Crippen LogP contribution in [0.2, 0.25) is 0 Å².